The van der Waals surface area contributed by atoms with Gasteiger partial charge in [-0.2, -0.15) is 0 Å². The van der Waals surface area contributed by atoms with Gasteiger partial charge in [0.1, 0.15) is 0 Å². The first-order chi connectivity index (χ1) is 8.80. The minimum atomic E-state index is -2.96. The van der Waals surface area contributed by atoms with Crippen LogP contribution < -0.4 is 11.1 Å². The lowest BCUT2D eigenvalue weighted by atomic mass is 10.0. The van der Waals surface area contributed by atoms with E-state index in [0.717, 1.165) is 25.7 Å². The molecule has 1 saturated heterocycles. The number of amides is 1. The van der Waals surface area contributed by atoms with Gasteiger partial charge in [0.05, 0.1) is 11.5 Å². The molecule has 0 aromatic carbocycles. The molecular weight excluding hydrogens is 264 g/mol. The molecule has 1 aliphatic heterocycles. The first-order valence-electron chi connectivity index (χ1n) is 7.06. The van der Waals surface area contributed by atoms with Crippen LogP contribution in [0.2, 0.25) is 0 Å². The maximum absolute atomic E-state index is 12.0. The second-order valence-electron chi connectivity index (χ2n) is 5.77. The van der Waals surface area contributed by atoms with Crippen molar-refractivity contribution in [3.05, 3.63) is 0 Å². The summed E-state index contributed by atoms with van der Waals surface area (Å²) in [5, 5.41) is 2.86. The minimum Gasteiger partial charge on any atom is -0.352 e. The summed E-state index contributed by atoms with van der Waals surface area (Å²) in [4.78, 5) is 12.0. The van der Waals surface area contributed by atoms with Crippen LogP contribution in [-0.4, -0.2) is 37.9 Å². The number of rotatable bonds is 6. The van der Waals surface area contributed by atoms with Gasteiger partial charge in [-0.05, 0) is 32.6 Å². The van der Waals surface area contributed by atoms with E-state index >= 15 is 0 Å². The molecule has 3 atom stereocenters. The third-order valence-corrected chi connectivity index (χ3v) is 5.37. The Morgan fingerprint density at radius 3 is 2.63 bits per heavy atom. The van der Waals surface area contributed by atoms with E-state index in [9.17, 15) is 13.2 Å². The Kier molecular flexibility index (Phi) is 6.26. The molecule has 6 heteroatoms. The second-order valence-corrected chi connectivity index (χ2v) is 8.00. The summed E-state index contributed by atoms with van der Waals surface area (Å²) >= 11 is 0. The van der Waals surface area contributed by atoms with Gasteiger partial charge in [-0.25, -0.2) is 8.42 Å². The third kappa shape index (κ3) is 6.38. The summed E-state index contributed by atoms with van der Waals surface area (Å²) < 4.78 is 23.0. The predicted molar refractivity (Wildman–Crippen MR) is 76.5 cm³/mol. The second kappa shape index (κ2) is 7.24. The van der Waals surface area contributed by atoms with E-state index in [-0.39, 0.29) is 35.4 Å². The average Bonchev–Trinajstić information content (AvgIpc) is 2.26. The van der Waals surface area contributed by atoms with E-state index < -0.39 is 9.84 Å². The monoisotopic (exact) mass is 290 g/mol. The summed E-state index contributed by atoms with van der Waals surface area (Å²) in [5.41, 5.74) is 5.67. The quantitative estimate of drug-likeness (QED) is 0.758. The van der Waals surface area contributed by atoms with Crippen LogP contribution in [0.4, 0.5) is 0 Å². The van der Waals surface area contributed by atoms with Crippen molar-refractivity contribution < 1.29 is 13.2 Å². The largest absolute Gasteiger partial charge is 0.352 e. The van der Waals surface area contributed by atoms with Crippen LogP contribution in [0.3, 0.4) is 0 Å². The van der Waals surface area contributed by atoms with Crippen molar-refractivity contribution in [1.82, 2.24) is 5.32 Å². The Morgan fingerprint density at radius 2 is 2.05 bits per heavy atom. The summed E-state index contributed by atoms with van der Waals surface area (Å²) in [6.07, 6.45) is 4.04. The molecule has 3 unspecified atom stereocenters. The number of hydrogen-bond donors (Lipinski definition) is 2. The lowest BCUT2D eigenvalue weighted by molar-refractivity contribution is -0.125. The predicted octanol–water partition coefficient (Wildman–Crippen LogP) is 0.833. The van der Waals surface area contributed by atoms with Crippen LogP contribution >= 0.6 is 0 Å². The zero-order chi connectivity index (χ0) is 14.5. The zero-order valence-corrected chi connectivity index (χ0v) is 12.7. The molecule has 0 bridgehead atoms. The van der Waals surface area contributed by atoms with Crippen molar-refractivity contribution in [3.8, 4) is 0 Å². The Morgan fingerprint density at radius 1 is 1.37 bits per heavy atom. The number of carbonyl (C=O) groups is 1. The highest BCUT2D eigenvalue weighted by molar-refractivity contribution is 7.91. The standard InChI is InChI=1S/C13H26N2O3S/c1-10(5-3-6-11(2)14)13(16)15-12-7-4-8-19(17,18)9-12/h10-12H,3-9,14H2,1-2H3,(H,15,16). The molecule has 0 aromatic heterocycles. The number of carbonyl (C=O) groups excluding carboxylic acids is 1. The van der Waals surface area contributed by atoms with Gasteiger partial charge in [0.25, 0.3) is 0 Å². The summed E-state index contributed by atoms with van der Waals surface area (Å²) in [6, 6.07) is -0.0409. The van der Waals surface area contributed by atoms with Crippen molar-refractivity contribution in [2.45, 2.75) is 58.0 Å². The lowest BCUT2D eigenvalue weighted by Crippen LogP contribution is -2.45. The van der Waals surface area contributed by atoms with E-state index in [1.807, 2.05) is 13.8 Å². The molecule has 5 nitrogen and oxygen atoms in total. The maximum atomic E-state index is 12.0. The first kappa shape index (κ1) is 16.4. The molecule has 1 amide bonds. The van der Waals surface area contributed by atoms with E-state index in [1.54, 1.807) is 0 Å². The van der Waals surface area contributed by atoms with Gasteiger partial charge < -0.3 is 11.1 Å². The van der Waals surface area contributed by atoms with Crippen LogP contribution in [-0.2, 0) is 14.6 Å². The molecule has 0 aliphatic carbocycles. The highest BCUT2D eigenvalue weighted by Gasteiger charge is 2.26. The molecule has 0 saturated carbocycles. The van der Waals surface area contributed by atoms with E-state index in [2.05, 4.69) is 5.32 Å². The van der Waals surface area contributed by atoms with Crippen LogP contribution in [0.15, 0.2) is 0 Å². The SMILES string of the molecule is CC(N)CCCC(C)C(=O)NC1CCCS(=O)(=O)C1. The first-order valence-corrected chi connectivity index (χ1v) is 8.88. The topological polar surface area (TPSA) is 89.3 Å². The van der Waals surface area contributed by atoms with Crippen molar-refractivity contribution >= 4 is 15.7 Å². The van der Waals surface area contributed by atoms with Gasteiger partial charge >= 0.3 is 0 Å². The van der Waals surface area contributed by atoms with Gasteiger partial charge in [-0.1, -0.05) is 13.3 Å². The van der Waals surface area contributed by atoms with Gasteiger partial charge in [0.2, 0.25) is 5.91 Å². The fourth-order valence-electron chi connectivity index (χ4n) is 2.36. The molecule has 0 aromatic rings. The van der Waals surface area contributed by atoms with Crippen molar-refractivity contribution in [3.63, 3.8) is 0 Å². The third-order valence-electron chi connectivity index (χ3n) is 3.55. The maximum Gasteiger partial charge on any atom is 0.223 e. The summed E-state index contributed by atoms with van der Waals surface area (Å²) in [6.45, 7) is 3.84. The van der Waals surface area contributed by atoms with Crippen molar-refractivity contribution in [2.75, 3.05) is 11.5 Å². The van der Waals surface area contributed by atoms with Crippen LogP contribution in [0.25, 0.3) is 0 Å². The number of hydrogen-bond acceptors (Lipinski definition) is 4. The van der Waals surface area contributed by atoms with Gasteiger partial charge in [-0.15, -0.1) is 0 Å². The van der Waals surface area contributed by atoms with Gasteiger partial charge in [0.15, 0.2) is 9.84 Å². The fraction of sp³-hybridized carbons (Fsp3) is 0.923. The number of nitrogens with one attached hydrogen (secondary N) is 1. The molecule has 0 radical (unpaired) electrons. The Labute approximate surface area is 116 Å². The highest BCUT2D eigenvalue weighted by Crippen LogP contribution is 2.14. The van der Waals surface area contributed by atoms with Crippen molar-refractivity contribution in [2.24, 2.45) is 11.7 Å². The average molecular weight is 290 g/mol. The molecule has 0 spiro atoms. The Balaban J connectivity index is 2.33. The lowest BCUT2D eigenvalue weighted by Gasteiger charge is -2.24. The summed E-state index contributed by atoms with van der Waals surface area (Å²) in [5.74, 6) is 0.226. The molecule has 1 fully saturated rings. The Bertz CT molecular complexity index is 393. The van der Waals surface area contributed by atoms with E-state index in [0.29, 0.717) is 6.42 Å². The van der Waals surface area contributed by atoms with E-state index in [4.69, 9.17) is 5.73 Å². The van der Waals surface area contributed by atoms with Gasteiger partial charge in [0, 0.05) is 18.0 Å². The van der Waals surface area contributed by atoms with Gasteiger partial charge in [-0.3, -0.25) is 4.79 Å². The summed E-state index contributed by atoms with van der Waals surface area (Å²) in [7, 11) is -2.96. The zero-order valence-electron chi connectivity index (χ0n) is 11.9. The van der Waals surface area contributed by atoms with Crippen molar-refractivity contribution in [1.29, 1.82) is 0 Å². The molecule has 1 aliphatic rings. The minimum absolute atomic E-state index is 0.0354. The Hall–Kier alpha value is -0.620. The number of nitrogens with two attached hydrogens (primary N) is 1. The van der Waals surface area contributed by atoms with Crippen LogP contribution in [0.5, 0.6) is 0 Å². The molecular formula is C13H26N2O3S. The number of sulfone groups is 1. The smallest absolute Gasteiger partial charge is 0.223 e. The van der Waals surface area contributed by atoms with E-state index in [1.165, 1.54) is 0 Å². The molecule has 112 valence electrons. The molecule has 3 N–H and O–H groups in total. The fourth-order valence-corrected chi connectivity index (χ4v) is 3.99. The van der Waals surface area contributed by atoms with Crippen LogP contribution in [0, 0.1) is 5.92 Å². The molecule has 1 heterocycles. The van der Waals surface area contributed by atoms with Crippen LogP contribution in [0.1, 0.15) is 46.0 Å². The highest BCUT2D eigenvalue weighted by atomic mass is 32.2. The molecule has 19 heavy (non-hydrogen) atoms. The normalized spacial score (nSPS) is 25.5. The molecule has 1 rings (SSSR count).